The van der Waals surface area contributed by atoms with Crippen molar-refractivity contribution in [2.24, 2.45) is 0 Å². The number of hydrogen-bond acceptors (Lipinski definition) is 3. The summed E-state index contributed by atoms with van der Waals surface area (Å²) in [5.41, 5.74) is 1.35. The topological polar surface area (TPSA) is 50.4 Å². The predicted molar refractivity (Wildman–Crippen MR) is 86.6 cm³/mol. The number of halogens is 2. The Morgan fingerprint density at radius 2 is 1.90 bits per heavy atom. The zero-order chi connectivity index (χ0) is 15.2. The van der Waals surface area contributed by atoms with Crippen LogP contribution in [0.2, 0.25) is 10.0 Å². The van der Waals surface area contributed by atoms with E-state index in [1.165, 1.54) is 0 Å². The van der Waals surface area contributed by atoms with Gasteiger partial charge in [0.1, 0.15) is 5.75 Å². The van der Waals surface area contributed by atoms with Gasteiger partial charge in [0.25, 0.3) is 0 Å². The van der Waals surface area contributed by atoms with Crippen LogP contribution in [0.5, 0.6) is 5.75 Å². The molecule has 110 valence electrons. The van der Waals surface area contributed by atoms with Crippen LogP contribution in [0.15, 0.2) is 42.5 Å². The third kappa shape index (κ3) is 4.28. The third-order valence-electron chi connectivity index (χ3n) is 2.75. The zero-order valence-corrected chi connectivity index (χ0v) is 12.8. The fourth-order valence-corrected chi connectivity index (χ4v) is 2.03. The Morgan fingerprint density at radius 1 is 1.14 bits per heavy atom. The largest absolute Gasteiger partial charge is 0.495 e. The number of ether oxygens (including phenoxy) is 1. The molecule has 2 rings (SSSR count). The molecule has 2 aromatic rings. The smallest absolute Gasteiger partial charge is 0.243 e. The molecule has 0 fully saturated rings. The lowest BCUT2D eigenvalue weighted by Gasteiger charge is -2.11. The van der Waals surface area contributed by atoms with Gasteiger partial charge in [0.2, 0.25) is 5.91 Å². The molecular weight excluding hydrogens is 311 g/mol. The number of benzene rings is 2. The first-order valence-corrected chi connectivity index (χ1v) is 6.97. The van der Waals surface area contributed by atoms with Gasteiger partial charge in [-0.25, -0.2) is 0 Å². The summed E-state index contributed by atoms with van der Waals surface area (Å²) in [6.45, 7) is 0.107. The standard InChI is InChI=1S/C15H14Cl2N2O2/c1-21-14-5-3-2-4-13(14)19-15(20)9-18-10-6-7-11(16)12(17)8-10/h2-8,18H,9H2,1H3,(H,19,20). The Hall–Kier alpha value is -1.91. The first-order chi connectivity index (χ1) is 10.1. The van der Waals surface area contributed by atoms with Crippen molar-refractivity contribution >= 4 is 40.5 Å². The minimum Gasteiger partial charge on any atom is -0.495 e. The Labute approximate surface area is 133 Å². The quantitative estimate of drug-likeness (QED) is 0.872. The Kier molecular flexibility index (Phi) is 5.31. The molecule has 0 saturated carbocycles. The van der Waals surface area contributed by atoms with Gasteiger partial charge in [-0.1, -0.05) is 35.3 Å². The van der Waals surface area contributed by atoms with Gasteiger partial charge < -0.3 is 15.4 Å². The lowest BCUT2D eigenvalue weighted by Crippen LogP contribution is -2.22. The summed E-state index contributed by atoms with van der Waals surface area (Å²) in [5, 5.41) is 6.66. The van der Waals surface area contributed by atoms with Crippen molar-refractivity contribution in [3.8, 4) is 5.75 Å². The fraction of sp³-hybridized carbons (Fsp3) is 0.133. The van der Waals surface area contributed by atoms with E-state index in [0.29, 0.717) is 21.5 Å². The monoisotopic (exact) mass is 324 g/mol. The fourth-order valence-electron chi connectivity index (χ4n) is 1.73. The molecule has 0 unspecified atom stereocenters. The van der Waals surface area contributed by atoms with E-state index in [1.807, 2.05) is 12.1 Å². The second kappa shape index (κ2) is 7.20. The lowest BCUT2D eigenvalue weighted by atomic mass is 10.3. The highest BCUT2D eigenvalue weighted by molar-refractivity contribution is 6.42. The average molecular weight is 325 g/mol. The zero-order valence-electron chi connectivity index (χ0n) is 11.3. The molecule has 0 aliphatic heterocycles. The van der Waals surface area contributed by atoms with E-state index in [-0.39, 0.29) is 12.5 Å². The molecule has 2 N–H and O–H groups in total. The normalized spacial score (nSPS) is 10.0. The minimum absolute atomic E-state index is 0.107. The molecule has 2 aromatic carbocycles. The van der Waals surface area contributed by atoms with E-state index in [1.54, 1.807) is 37.4 Å². The van der Waals surface area contributed by atoms with E-state index in [0.717, 1.165) is 5.69 Å². The Balaban J connectivity index is 1.94. The van der Waals surface area contributed by atoms with Crippen molar-refractivity contribution in [1.29, 1.82) is 0 Å². The molecule has 0 atom stereocenters. The molecule has 4 nitrogen and oxygen atoms in total. The summed E-state index contributed by atoms with van der Waals surface area (Å²) in [5.74, 6) is 0.422. The molecule has 0 bridgehead atoms. The Bertz CT molecular complexity index is 647. The Morgan fingerprint density at radius 3 is 2.62 bits per heavy atom. The number of para-hydroxylation sites is 2. The van der Waals surface area contributed by atoms with E-state index < -0.39 is 0 Å². The van der Waals surface area contributed by atoms with Crippen LogP contribution in [0.1, 0.15) is 0 Å². The van der Waals surface area contributed by atoms with Gasteiger partial charge >= 0.3 is 0 Å². The molecule has 0 heterocycles. The third-order valence-corrected chi connectivity index (χ3v) is 3.49. The van der Waals surface area contributed by atoms with E-state index >= 15 is 0 Å². The van der Waals surface area contributed by atoms with Crippen molar-refractivity contribution < 1.29 is 9.53 Å². The number of carbonyl (C=O) groups is 1. The molecule has 0 radical (unpaired) electrons. The number of methoxy groups -OCH3 is 1. The second-order valence-electron chi connectivity index (χ2n) is 4.23. The van der Waals surface area contributed by atoms with E-state index in [4.69, 9.17) is 27.9 Å². The summed E-state index contributed by atoms with van der Waals surface area (Å²) in [7, 11) is 1.55. The summed E-state index contributed by atoms with van der Waals surface area (Å²) >= 11 is 11.7. The molecular formula is C15H14Cl2N2O2. The summed E-state index contributed by atoms with van der Waals surface area (Å²) in [6, 6.07) is 12.3. The number of carbonyl (C=O) groups excluding carboxylic acids is 1. The summed E-state index contributed by atoms with van der Waals surface area (Å²) < 4.78 is 5.17. The number of amides is 1. The van der Waals surface area contributed by atoms with Crippen LogP contribution in [-0.2, 0) is 4.79 Å². The lowest BCUT2D eigenvalue weighted by molar-refractivity contribution is -0.114. The minimum atomic E-state index is -0.189. The van der Waals surface area contributed by atoms with Gasteiger partial charge in [0.15, 0.2) is 0 Å². The van der Waals surface area contributed by atoms with Crippen LogP contribution < -0.4 is 15.4 Å². The van der Waals surface area contributed by atoms with E-state index in [9.17, 15) is 4.79 Å². The number of hydrogen-bond donors (Lipinski definition) is 2. The maximum absolute atomic E-state index is 11.9. The maximum Gasteiger partial charge on any atom is 0.243 e. The van der Waals surface area contributed by atoms with Gasteiger partial charge in [-0.2, -0.15) is 0 Å². The molecule has 6 heteroatoms. The van der Waals surface area contributed by atoms with Crippen molar-refractivity contribution in [2.45, 2.75) is 0 Å². The van der Waals surface area contributed by atoms with Crippen LogP contribution in [-0.4, -0.2) is 19.6 Å². The molecule has 0 aliphatic rings. The van der Waals surface area contributed by atoms with Crippen molar-refractivity contribution in [3.05, 3.63) is 52.5 Å². The SMILES string of the molecule is COc1ccccc1NC(=O)CNc1ccc(Cl)c(Cl)c1. The molecule has 0 saturated heterocycles. The molecule has 1 amide bonds. The average Bonchev–Trinajstić information content (AvgIpc) is 2.49. The summed E-state index contributed by atoms with van der Waals surface area (Å²) in [6.07, 6.45) is 0. The van der Waals surface area contributed by atoms with E-state index in [2.05, 4.69) is 10.6 Å². The number of rotatable bonds is 5. The van der Waals surface area contributed by atoms with Gasteiger partial charge in [-0.3, -0.25) is 4.79 Å². The van der Waals surface area contributed by atoms with Crippen molar-refractivity contribution in [3.63, 3.8) is 0 Å². The molecule has 0 spiro atoms. The van der Waals surface area contributed by atoms with Gasteiger partial charge in [-0.15, -0.1) is 0 Å². The molecule has 21 heavy (non-hydrogen) atoms. The van der Waals surface area contributed by atoms with Crippen LogP contribution in [0.3, 0.4) is 0 Å². The van der Waals surface area contributed by atoms with Gasteiger partial charge in [-0.05, 0) is 30.3 Å². The van der Waals surface area contributed by atoms with Crippen LogP contribution in [0.25, 0.3) is 0 Å². The highest BCUT2D eigenvalue weighted by Gasteiger charge is 2.07. The van der Waals surface area contributed by atoms with Crippen molar-refractivity contribution in [2.75, 3.05) is 24.3 Å². The van der Waals surface area contributed by atoms with Gasteiger partial charge in [0, 0.05) is 5.69 Å². The van der Waals surface area contributed by atoms with Gasteiger partial charge in [0.05, 0.1) is 29.4 Å². The number of anilines is 2. The van der Waals surface area contributed by atoms with Crippen LogP contribution in [0.4, 0.5) is 11.4 Å². The van der Waals surface area contributed by atoms with Crippen LogP contribution in [0, 0.1) is 0 Å². The molecule has 0 aliphatic carbocycles. The van der Waals surface area contributed by atoms with Crippen LogP contribution >= 0.6 is 23.2 Å². The predicted octanol–water partition coefficient (Wildman–Crippen LogP) is 4.05. The van der Waals surface area contributed by atoms with Crippen molar-refractivity contribution in [1.82, 2.24) is 0 Å². The first kappa shape index (κ1) is 15.5. The summed E-state index contributed by atoms with van der Waals surface area (Å²) in [4.78, 5) is 11.9. The first-order valence-electron chi connectivity index (χ1n) is 6.22. The highest BCUT2D eigenvalue weighted by Crippen LogP contribution is 2.25. The molecule has 0 aromatic heterocycles. The number of nitrogens with one attached hydrogen (secondary N) is 2. The second-order valence-corrected chi connectivity index (χ2v) is 5.05. The maximum atomic E-state index is 11.9. The highest BCUT2D eigenvalue weighted by atomic mass is 35.5.